The number of carbonyl (C=O) groups excluding carboxylic acids is 1. The molecule has 1 fully saturated rings. The Hall–Kier alpha value is -2.93. The molecule has 4 rings (SSSR count). The number of nitrogens with one attached hydrogen (secondary N) is 1. The summed E-state index contributed by atoms with van der Waals surface area (Å²) in [7, 11) is -2.14. The van der Waals surface area contributed by atoms with Gasteiger partial charge in [-0.05, 0) is 56.4 Å². The molecule has 3 N–H and O–H groups in total. The highest BCUT2D eigenvalue weighted by atomic mass is 32.2. The molecular formula is C36H54N3O7S2+. The van der Waals surface area contributed by atoms with Crippen molar-refractivity contribution in [2.75, 3.05) is 55.7 Å². The Bertz CT molecular complexity index is 1650. The summed E-state index contributed by atoms with van der Waals surface area (Å²) in [6.45, 7) is 5.45. The minimum atomic E-state index is -4.09. The van der Waals surface area contributed by atoms with Gasteiger partial charge in [-0.3, -0.25) is 14.1 Å². The molecule has 1 atom stereocenters. The smallest absolute Gasteiger partial charge is 0.279 e. The molecule has 3 aromatic rings. The van der Waals surface area contributed by atoms with Gasteiger partial charge in [-0.1, -0.05) is 58.3 Å². The Morgan fingerprint density at radius 3 is 2.25 bits per heavy atom. The van der Waals surface area contributed by atoms with Gasteiger partial charge in [0.15, 0.2) is 12.3 Å². The van der Waals surface area contributed by atoms with Gasteiger partial charge in [0.2, 0.25) is 11.2 Å². The van der Waals surface area contributed by atoms with Crippen LogP contribution in [0.15, 0.2) is 39.5 Å². The molecule has 266 valence electrons. The van der Waals surface area contributed by atoms with Gasteiger partial charge in [0.05, 0.1) is 41.2 Å². The van der Waals surface area contributed by atoms with Crippen LogP contribution in [0.1, 0.15) is 96.8 Å². The number of quaternary nitrogens is 1. The maximum absolute atomic E-state index is 13.3. The highest BCUT2D eigenvalue weighted by molar-refractivity contribution is 7.85. The molecule has 3 heterocycles. The maximum atomic E-state index is 13.3. The Morgan fingerprint density at radius 2 is 1.58 bits per heavy atom. The fourth-order valence-electron chi connectivity index (χ4n) is 6.59. The van der Waals surface area contributed by atoms with E-state index in [1.807, 2.05) is 19.2 Å². The first-order valence-corrected chi connectivity index (χ1v) is 20.1. The van der Waals surface area contributed by atoms with Crippen LogP contribution in [-0.4, -0.2) is 74.0 Å². The lowest BCUT2D eigenvalue weighted by Crippen LogP contribution is -2.50. The lowest BCUT2D eigenvalue weighted by atomic mass is 10.1. The average Bonchev–Trinajstić information content (AvgIpc) is 3.53. The van der Waals surface area contributed by atoms with Crippen LogP contribution in [0.25, 0.3) is 21.6 Å². The van der Waals surface area contributed by atoms with E-state index in [0.717, 1.165) is 50.2 Å². The van der Waals surface area contributed by atoms with Crippen molar-refractivity contribution in [3.05, 3.63) is 40.6 Å². The van der Waals surface area contributed by atoms with Gasteiger partial charge in [-0.15, -0.1) is 11.3 Å². The van der Waals surface area contributed by atoms with Crippen molar-refractivity contribution in [2.24, 2.45) is 0 Å². The predicted octanol–water partition coefficient (Wildman–Crippen LogP) is 7.80. The molecule has 1 unspecified atom stereocenters. The zero-order valence-corrected chi connectivity index (χ0v) is 30.3. The number of fused-ring (bicyclic) bond motifs is 1. The van der Waals surface area contributed by atoms with E-state index < -0.39 is 21.3 Å². The third-order valence-corrected chi connectivity index (χ3v) is 11.3. The highest BCUT2D eigenvalue weighted by Crippen LogP contribution is 2.39. The topological polar surface area (TPSA) is 137 Å². The second-order valence-electron chi connectivity index (χ2n) is 13.6. The van der Waals surface area contributed by atoms with E-state index in [2.05, 4.69) is 17.1 Å². The van der Waals surface area contributed by atoms with Crippen molar-refractivity contribution < 1.29 is 31.8 Å². The van der Waals surface area contributed by atoms with E-state index in [1.165, 1.54) is 68.8 Å². The molecule has 0 aliphatic carbocycles. The first kappa shape index (κ1) is 37.9. The van der Waals surface area contributed by atoms with Crippen molar-refractivity contribution in [1.82, 2.24) is 0 Å². The average molecular weight is 705 g/mol. The first-order chi connectivity index (χ1) is 23.0. The Morgan fingerprint density at radius 1 is 0.938 bits per heavy atom. The van der Waals surface area contributed by atoms with E-state index >= 15 is 0 Å². The third kappa shape index (κ3) is 11.6. The van der Waals surface area contributed by atoms with E-state index in [1.54, 1.807) is 12.1 Å². The number of amides is 1. The minimum Gasteiger partial charge on any atom is -0.501 e. The van der Waals surface area contributed by atoms with Gasteiger partial charge in [0, 0.05) is 31.3 Å². The SMILES string of the molecule is CCCCCCCCCCCC[N+](C)(CCCS(=O)(=O)O)CC(=O)Nc1ccc2c(=O)c(O)c(-c3ccc(N4CCCCC4)s3)oc2c1. The molecule has 1 aliphatic heterocycles. The van der Waals surface area contributed by atoms with Gasteiger partial charge in [-0.2, -0.15) is 8.42 Å². The van der Waals surface area contributed by atoms with Crippen LogP contribution < -0.4 is 15.6 Å². The second-order valence-corrected chi connectivity index (χ2v) is 16.2. The monoisotopic (exact) mass is 704 g/mol. The van der Waals surface area contributed by atoms with E-state index in [-0.39, 0.29) is 41.4 Å². The molecule has 48 heavy (non-hydrogen) atoms. The van der Waals surface area contributed by atoms with Crippen LogP contribution in [0.4, 0.5) is 10.7 Å². The van der Waals surface area contributed by atoms with Crippen LogP contribution in [0.3, 0.4) is 0 Å². The van der Waals surface area contributed by atoms with Gasteiger partial charge in [0.25, 0.3) is 16.0 Å². The van der Waals surface area contributed by atoms with Crippen molar-refractivity contribution >= 4 is 49.0 Å². The van der Waals surface area contributed by atoms with Gasteiger partial charge >= 0.3 is 0 Å². The molecule has 0 bridgehead atoms. The number of nitrogens with zero attached hydrogens (tertiary/aromatic N) is 2. The summed E-state index contributed by atoms with van der Waals surface area (Å²) in [6.07, 6.45) is 15.7. The molecular weight excluding hydrogens is 651 g/mol. The van der Waals surface area contributed by atoms with Crippen LogP contribution in [0.2, 0.25) is 0 Å². The molecule has 1 aliphatic rings. The molecule has 1 amide bonds. The van der Waals surface area contributed by atoms with Gasteiger partial charge in [-0.25, -0.2) is 0 Å². The Balaban J connectivity index is 1.40. The number of anilines is 2. The summed E-state index contributed by atoms with van der Waals surface area (Å²) in [4.78, 5) is 29.4. The summed E-state index contributed by atoms with van der Waals surface area (Å²) >= 11 is 1.48. The number of carbonyl (C=O) groups is 1. The number of likely N-dealkylation sites (N-methyl/N-ethyl adjacent to an activating group) is 1. The standard InChI is InChI=1S/C36H53N3O7S2/c1-3-4-5-6-7-8-9-10-11-15-23-39(2,24-16-25-48(43,44)45)27-32(40)37-28-17-18-29-30(26-28)46-36(35(42)34(29)41)31-19-20-33(47-31)38-21-13-12-14-22-38/h17-20,26H,3-16,21-25,27H2,1-2H3,(H2-,37,40,41,42,43,44,45)/p+1. The number of benzene rings is 1. The van der Waals surface area contributed by atoms with Crippen LogP contribution in [0.5, 0.6) is 5.75 Å². The van der Waals surface area contributed by atoms with Crippen molar-refractivity contribution in [2.45, 2.75) is 96.8 Å². The summed E-state index contributed by atoms with van der Waals surface area (Å²) in [6, 6.07) is 8.60. The third-order valence-electron chi connectivity index (χ3n) is 9.31. The largest absolute Gasteiger partial charge is 0.501 e. The Kier molecular flexibility index (Phi) is 14.3. The number of hydrogen-bond acceptors (Lipinski definition) is 8. The summed E-state index contributed by atoms with van der Waals surface area (Å²) in [5.41, 5.74) is 0.182. The lowest BCUT2D eigenvalue weighted by molar-refractivity contribution is -0.902. The van der Waals surface area contributed by atoms with Crippen LogP contribution in [-0.2, 0) is 14.9 Å². The van der Waals surface area contributed by atoms with Crippen molar-refractivity contribution in [3.8, 4) is 16.4 Å². The molecule has 2 aromatic heterocycles. The molecule has 0 spiro atoms. The van der Waals surface area contributed by atoms with Crippen LogP contribution in [0, 0.1) is 0 Å². The number of piperidine rings is 1. The second kappa shape index (κ2) is 18.2. The maximum Gasteiger partial charge on any atom is 0.279 e. The number of aromatic hydroxyl groups is 1. The number of thiophene rings is 1. The van der Waals surface area contributed by atoms with E-state index in [9.17, 15) is 27.7 Å². The van der Waals surface area contributed by atoms with Gasteiger partial charge < -0.3 is 24.2 Å². The summed E-state index contributed by atoms with van der Waals surface area (Å²) < 4.78 is 38.5. The van der Waals surface area contributed by atoms with Gasteiger partial charge in [0.1, 0.15) is 5.58 Å². The fourth-order valence-corrected chi connectivity index (χ4v) is 8.12. The van der Waals surface area contributed by atoms with E-state index in [0.29, 0.717) is 28.1 Å². The highest BCUT2D eigenvalue weighted by Gasteiger charge is 2.26. The molecule has 0 saturated carbocycles. The number of rotatable bonds is 20. The van der Waals surface area contributed by atoms with Crippen molar-refractivity contribution in [1.29, 1.82) is 0 Å². The number of hydrogen-bond donors (Lipinski definition) is 3. The molecule has 1 aromatic carbocycles. The predicted molar refractivity (Wildman–Crippen MR) is 196 cm³/mol. The minimum absolute atomic E-state index is 0.115. The zero-order valence-electron chi connectivity index (χ0n) is 28.7. The molecule has 0 radical (unpaired) electrons. The molecule has 12 heteroatoms. The molecule has 1 saturated heterocycles. The fraction of sp³-hybridized carbons (Fsp3) is 0.611. The summed E-state index contributed by atoms with van der Waals surface area (Å²) in [5, 5.41) is 15.0. The first-order valence-electron chi connectivity index (χ1n) is 17.7. The molecule has 10 nitrogen and oxygen atoms in total. The van der Waals surface area contributed by atoms with Crippen LogP contribution >= 0.6 is 11.3 Å². The quantitative estimate of drug-likeness (QED) is 0.0616. The summed E-state index contributed by atoms with van der Waals surface area (Å²) in [5.74, 6) is -0.912. The van der Waals surface area contributed by atoms with E-state index in [4.69, 9.17) is 4.42 Å². The number of unbranched alkanes of at least 4 members (excludes halogenated alkanes) is 9. The zero-order chi connectivity index (χ0) is 34.6. The lowest BCUT2D eigenvalue weighted by Gasteiger charge is -2.34. The van der Waals surface area contributed by atoms with Crippen molar-refractivity contribution in [3.63, 3.8) is 0 Å². The Labute approximate surface area is 289 Å². The normalized spacial score (nSPS) is 15.1.